The van der Waals surface area contributed by atoms with Gasteiger partial charge >= 0.3 is 0 Å². The van der Waals surface area contributed by atoms with E-state index in [0.29, 0.717) is 13.3 Å². The Kier molecular flexibility index (Phi) is 4.83. The van der Waals surface area contributed by atoms with Crippen LogP contribution in [-0.2, 0) is 22.8 Å². The maximum Gasteiger partial charge on any atom is 0.217 e. The fourth-order valence-corrected chi connectivity index (χ4v) is 1.14. The molecular weight excluding hydrogens is 194 g/mol. The van der Waals surface area contributed by atoms with Gasteiger partial charge in [0, 0.05) is 25.9 Å². The van der Waals surface area contributed by atoms with E-state index < -0.39 is 0 Å². The molecule has 1 heterocycles. The van der Waals surface area contributed by atoms with Gasteiger partial charge < -0.3 is 14.6 Å². The molecule has 0 spiro atoms. The average molecular weight is 211 g/mol. The van der Waals surface area contributed by atoms with Crippen molar-refractivity contribution in [2.75, 3.05) is 6.61 Å². The third kappa shape index (κ3) is 4.12. The summed E-state index contributed by atoms with van der Waals surface area (Å²) in [6.45, 7) is 5.21. The second-order valence-electron chi connectivity index (χ2n) is 3.26. The summed E-state index contributed by atoms with van der Waals surface area (Å²) in [6, 6.07) is 0. The van der Waals surface area contributed by atoms with Crippen LogP contribution in [0.5, 0.6) is 0 Å². The van der Waals surface area contributed by atoms with E-state index in [1.54, 1.807) is 6.20 Å². The molecule has 0 radical (unpaired) electrons. The van der Waals surface area contributed by atoms with Crippen molar-refractivity contribution >= 4 is 5.91 Å². The van der Waals surface area contributed by atoms with Crippen molar-refractivity contribution in [1.82, 2.24) is 14.9 Å². The van der Waals surface area contributed by atoms with Crippen LogP contribution in [0.1, 0.15) is 26.1 Å². The number of nitrogens with one attached hydrogen (secondary N) is 1. The monoisotopic (exact) mass is 211 g/mol. The Morgan fingerprint density at radius 1 is 1.67 bits per heavy atom. The minimum Gasteiger partial charge on any atom is -0.361 e. The Balaban J connectivity index is 2.42. The summed E-state index contributed by atoms with van der Waals surface area (Å²) >= 11 is 0. The molecule has 0 bridgehead atoms. The lowest BCUT2D eigenvalue weighted by molar-refractivity contribution is -0.119. The van der Waals surface area contributed by atoms with Gasteiger partial charge in [-0.2, -0.15) is 0 Å². The maximum absolute atomic E-state index is 10.7. The number of hydrogen-bond donors (Lipinski definition) is 1. The molecule has 1 N–H and O–H groups in total. The van der Waals surface area contributed by atoms with Gasteiger partial charge in [-0.05, 0) is 6.42 Å². The van der Waals surface area contributed by atoms with Crippen molar-refractivity contribution in [3.05, 3.63) is 18.2 Å². The summed E-state index contributed by atoms with van der Waals surface area (Å²) in [4.78, 5) is 14.9. The largest absolute Gasteiger partial charge is 0.361 e. The highest BCUT2D eigenvalue weighted by Gasteiger charge is 2.02. The minimum atomic E-state index is -0.0565. The fraction of sp³-hybridized carbons (Fsp3) is 0.600. The Bertz CT molecular complexity index is 309. The highest BCUT2D eigenvalue weighted by Crippen LogP contribution is 1.98. The van der Waals surface area contributed by atoms with Crippen LogP contribution in [0.2, 0.25) is 0 Å². The predicted octanol–water partition coefficient (Wildman–Crippen LogP) is 0.903. The van der Waals surface area contributed by atoms with Gasteiger partial charge in [-0.3, -0.25) is 4.79 Å². The van der Waals surface area contributed by atoms with Crippen molar-refractivity contribution < 1.29 is 9.53 Å². The predicted molar refractivity (Wildman–Crippen MR) is 56.0 cm³/mol. The maximum atomic E-state index is 10.7. The molecule has 1 amide bonds. The van der Waals surface area contributed by atoms with Crippen LogP contribution in [0.25, 0.3) is 0 Å². The zero-order valence-corrected chi connectivity index (χ0v) is 9.19. The van der Waals surface area contributed by atoms with Crippen molar-refractivity contribution in [3.8, 4) is 0 Å². The molecule has 0 aromatic carbocycles. The van der Waals surface area contributed by atoms with Gasteiger partial charge in [0.25, 0.3) is 0 Å². The van der Waals surface area contributed by atoms with Crippen LogP contribution in [0.15, 0.2) is 12.4 Å². The van der Waals surface area contributed by atoms with Gasteiger partial charge in [0.15, 0.2) is 0 Å². The van der Waals surface area contributed by atoms with E-state index in [1.165, 1.54) is 6.92 Å². The van der Waals surface area contributed by atoms with Gasteiger partial charge in [0.05, 0.1) is 6.54 Å². The Morgan fingerprint density at radius 3 is 3.13 bits per heavy atom. The number of imidazole rings is 1. The number of carbonyl (C=O) groups is 1. The third-order valence-corrected chi connectivity index (χ3v) is 1.88. The lowest BCUT2D eigenvalue weighted by atomic mass is 10.5. The third-order valence-electron chi connectivity index (χ3n) is 1.88. The first-order chi connectivity index (χ1) is 7.24. The number of amides is 1. The lowest BCUT2D eigenvalue weighted by Gasteiger charge is -2.08. The summed E-state index contributed by atoms with van der Waals surface area (Å²) in [5.74, 6) is 0.750. The standard InChI is InChI=1S/C10H17N3O2/c1-3-6-15-8-13-5-4-11-10(13)7-12-9(2)14/h4-5H,3,6-8H2,1-2H3,(H,12,14). The van der Waals surface area contributed by atoms with Crippen molar-refractivity contribution in [3.63, 3.8) is 0 Å². The van der Waals surface area contributed by atoms with E-state index in [0.717, 1.165) is 18.9 Å². The van der Waals surface area contributed by atoms with Gasteiger partial charge in [-0.25, -0.2) is 4.98 Å². The molecule has 1 aromatic rings. The number of carbonyl (C=O) groups excluding carboxylic acids is 1. The molecule has 0 unspecified atom stereocenters. The van der Waals surface area contributed by atoms with Crippen LogP contribution in [0.3, 0.4) is 0 Å². The molecule has 15 heavy (non-hydrogen) atoms. The van der Waals surface area contributed by atoms with E-state index in [-0.39, 0.29) is 5.91 Å². The van der Waals surface area contributed by atoms with E-state index in [4.69, 9.17) is 4.74 Å². The van der Waals surface area contributed by atoms with Crippen LogP contribution in [0, 0.1) is 0 Å². The minimum absolute atomic E-state index is 0.0565. The smallest absolute Gasteiger partial charge is 0.217 e. The van der Waals surface area contributed by atoms with Crippen LogP contribution in [0.4, 0.5) is 0 Å². The van der Waals surface area contributed by atoms with E-state index in [2.05, 4.69) is 17.2 Å². The highest BCUT2D eigenvalue weighted by molar-refractivity contribution is 5.72. The molecule has 1 rings (SSSR count). The fourth-order valence-electron chi connectivity index (χ4n) is 1.14. The van der Waals surface area contributed by atoms with Crippen LogP contribution in [-0.4, -0.2) is 22.1 Å². The number of ether oxygens (including phenoxy) is 1. The first-order valence-corrected chi connectivity index (χ1v) is 5.06. The van der Waals surface area contributed by atoms with Crippen molar-refractivity contribution in [1.29, 1.82) is 0 Å². The topological polar surface area (TPSA) is 56.1 Å². The molecule has 0 saturated carbocycles. The molecule has 0 atom stereocenters. The normalized spacial score (nSPS) is 10.3. The van der Waals surface area contributed by atoms with Gasteiger partial charge in [-0.15, -0.1) is 0 Å². The summed E-state index contributed by atoms with van der Waals surface area (Å²) in [5, 5.41) is 2.70. The molecular formula is C10H17N3O2. The molecule has 5 nitrogen and oxygen atoms in total. The molecule has 0 aliphatic rings. The Hall–Kier alpha value is -1.36. The zero-order valence-electron chi connectivity index (χ0n) is 9.19. The Labute approximate surface area is 89.4 Å². The Morgan fingerprint density at radius 2 is 2.47 bits per heavy atom. The second-order valence-corrected chi connectivity index (χ2v) is 3.26. The number of rotatable bonds is 6. The first kappa shape index (κ1) is 11.7. The van der Waals surface area contributed by atoms with Crippen molar-refractivity contribution in [2.45, 2.75) is 33.5 Å². The zero-order chi connectivity index (χ0) is 11.1. The first-order valence-electron chi connectivity index (χ1n) is 5.06. The highest BCUT2D eigenvalue weighted by atomic mass is 16.5. The lowest BCUT2D eigenvalue weighted by Crippen LogP contribution is -2.22. The van der Waals surface area contributed by atoms with E-state index >= 15 is 0 Å². The second kappa shape index (κ2) is 6.19. The number of hydrogen-bond acceptors (Lipinski definition) is 3. The van der Waals surface area contributed by atoms with E-state index in [9.17, 15) is 4.79 Å². The SMILES string of the molecule is CCCOCn1ccnc1CNC(C)=O. The van der Waals surface area contributed by atoms with Gasteiger partial charge in [0.2, 0.25) is 5.91 Å². The number of nitrogens with zero attached hydrogens (tertiary/aromatic N) is 2. The molecule has 1 aromatic heterocycles. The van der Waals surface area contributed by atoms with E-state index in [1.807, 2.05) is 10.8 Å². The summed E-state index contributed by atoms with van der Waals surface area (Å²) in [6.07, 6.45) is 4.54. The molecule has 5 heteroatoms. The molecule has 84 valence electrons. The molecule has 0 aliphatic heterocycles. The molecule has 0 fully saturated rings. The van der Waals surface area contributed by atoms with Crippen LogP contribution < -0.4 is 5.32 Å². The molecule has 0 aliphatic carbocycles. The summed E-state index contributed by atoms with van der Waals surface area (Å²) < 4.78 is 7.27. The summed E-state index contributed by atoms with van der Waals surface area (Å²) in [5.41, 5.74) is 0. The molecule has 0 saturated heterocycles. The van der Waals surface area contributed by atoms with Crippen LogP contribution >= 0.6 is 0 Å². The number of aromatic nitrogens is 2. The summed E-state index contributed by atoms with van der Waals surface area (Å²) in [7, 11) is 0. The van der Waals surface area contributed by atoms with Gasteiger partial charge in [-0.1, -0.05) is 6.92 Å². The average Bonchev–Trinajstić information content (AvgIpc) is 2.63. The van der Waals surface area contributed by atoms with Gasteiger partial charge in [0.1, 0.15) is 12.6 Å². The quantitative estimate of drug-likeness (QED) is 0.711. The van der Waals surface area contributed by atoms with Crippen molar-refractivity contribution in [2.24, 2.45) is 0 Å².